The molecule has 7 heteroatoms. The van der Waals surface area contributed by atoms with Gasteiger partial charge in [-0.1, -0.05) is 50.1 Å². The Kier molecular flexibility index (Phi) is 8.47. The Morgan fingerprint density at radius 1 is 1.07 bits per heavy atom. The molecule has 0 saturated heterocycles. The molecule has 2 rings (SSSR count). The Labute approximate surface area is 167 Å². The molecule has 152 valence electrons. The third kappa shape index (κ3) is 7.32. The van der Waals surface area contributed by atoms with Crippen molar-refractivity contribution in [2.45, 2.75) is 51.2 Å². The van der Waals surface area contributed by atoms with Gasteiger partial charge >= 0.3 is 0 Å². The molecule has 1 unspecified atom stereocenters. The van der Waals surface area contributed by atoms with Gasteiger partial charge in [0.25, 0.3) is 0 Å². The van der Waals surface area contributed by atoms with Crippen LogP contribution in [0.2, 0.25) is 0 Å². The number of amides is 1. The maximum atomic E-state index is 12.1. The van der Waals surface area contributed by atoms with Crippen molar-refractivity contribution in [2.75, 3.05) is 5.32 Å². The highest BCUT2D eigenvalue weighted by atomic mass is 32.2. The third-order valence-corrected chi connectivity index (χ3v) is 6.00. The minimum absolute atomic E-state index is 0.0552. The fourth-order valence-corrected chi connectivity index (χ4v) is 3.42. The van der Waals surface area contributed by atoms with Crippen LogP contribution < -0.4 is 15.0 Å². The van der Waals surface area contributed by atoms with Gasteiger partial charge in [-0.2, -0.15) is 0 Å². The molecule has 6 nitrogen and oxygen atoms in total. The number of hydrogen-bond donors (Lipinski definition) is 2. The molecule has 0 aliphatic heterocycles. The van der Waals surface area contributed by atoms with Gasteiger partial charge in [-0.3, -0.25) is 4.79 Å². The Bertz CT molecular complexity index is 836. The van der Waals surface area contributed by atoms with Crippen molar-refractivity contribution in [3.63, 3.8) is 0 Å². The number of aryl methyl sites for hydroxylation is 1. The zero-order valence-corrected chi connectivity index (χ0v) is 17.2. The summed E-state index contributed by atoms with van der Waals surface area (Å²) in [6.07, 6.45) is 3.34. The van der Waals surface area contributed by atoms with E-state index in [1.807, 2.05) is 49.4 Å². The molecule has 0 spiro atoms. The number of carbonyl (C=O) groups excluding carboxylic acids is 1. The topological polar surface area (TPSA) is 84.5 Å². The summed E-state index contributed by atoms with van der Waals surface area (Å²) in [5, 5.41) is 2.34. The largest absolute Gasteiger partial charge is 0.394 e. The molecule has 0 fully saturated rings. The Hall–Kier alpha value is -2.38. The van der Waals surface area contributed by atoms with Crippen LogP contribution in [0.5, 0.6) is 5.75 Å². The van der Waals surface area contributed by atoms with Crippen molar-refractivity contribution in [2.24, 2.45) is 0 Å². The summed E-state index contributed by atoms with van der Waals surface area (Å²) in [7, 11) is -3.52. The van der Waals surface area contributed by atoms with Crippen LogP contribution in [-0.4, -0.2) is 19.6 Å². The van der Waals surface area contributed by atoms with Gasteiger partial charge < -0.3 is 10.2 Å². The predicted molar refractivity (Wildman–Crippen MR) is 112 cm³/mol. The van der Waals surface area contributed by atoms with Gasteiger partial charge in [0.1, 0.15) is 5.75 Å². The van der Waals surface area contributed by atoms with Crippen molar-refractivity contribution < 1.29 is 18.0 Å². The van der Waals surface area contributed by atoms with E-state index in [9.17, 15) is 13.2 Å². The Morgan fingerprint density at radius 3 is 2.39 bits per heavy atom. The van der Waals surface area contributed by atoms with Crippen LogP contribution in [0.4, 0.5) is 5.69 Å². The first-order valence-electron chi connectivity index (χ1n) is 9.52. The molecule has 0 heterocycles. The van der Waals surface area contributed by atoms with Gasteiger partial charge in [-0.15, -0.1) is 0 Å². The number of hydrogen-bond acceptors (Lipinski definition) is 4. The first kappa shape index (κ1) is 21.9. The first-order valence-corrected chi connectivity index (χ1v) is 11.1. The zero-order chi connectivity index (χ0) is 20.4. The van der Waals surface area contributed by atoms with Gasteiger partial charge in [-0.05, 0) is 54.5 Å². The molecule has 2 aromatic rings. The normalized spacial score (nSPS) is 12.4. The number of para-hydroxylation sites is 1. The standard InChI is InChI=1S/C21H28N2O4S/c1-3-4-8-17(2)28(25,26)23-27-20-14-11-18(12-15-20)13-16-21(24)22-19-9-6-5-7-10-19/h5-7,9-12,14-15,17,23H,3-4,8,13,16H2,1-2H3,(H,22,24). The average molecular weight is 405 g/mol. The second kappa shape index (κ2) is 10.8. The molecular weight excluding hydrogens is 376 g/mol. The molecule has 0 aromatic heterocycles. The molecule has 0 aliphatic carbocycles. The van der Waals surface area contributed by atoms with Crippen LogP contribution in [0.25, 0.3) is 0 Å². The highest BCUT2D eigenvalue weighted by Gasteiger charge is 2.20. The summed E-state index contributed by atoms with van der Waals surface area (Å²) in [5.74, 6) is 0.351. The lowest BCUT2D eigenvalue weighted by Gasteiger charge is -2.14. The molecule has 2 aromatic carbocycles. The minimum atomic E-state index is -3.52. The van der Waals surface area contributed by atoms with E-state index in [1.54, 1.807) is 19.1 Å². The van der Waals surface area contributed by atoms with Crippen LogP contribution in [0, 0.1) is 0 Å². The van der Waals surface area contributed by atoms with E-state index in [0.29, 0.717) is 25.0 Å². The van der Waals surface area contributed by atoms with E-state index in [-0.39, 0.29) is 5.91 Å². The number of benzene rings is 2. The molecule has 28 heavy (non-hydrogen) atoms. The van der Waals surface area contributed by atoms with Crippen molar-refractivity contribution >= 4 is 21.6 Å². The van der Waals surface area contributed by atoms with Crippen molar-refractivity contribution in [3.8, 4) is 5.75 Å². The van der Waals surface area contributed by atoms with Gasteiger partial charge in [0.2, 0.25) is 15.9 Å². The van der Waals surface area contributed by atoms with Gasteiger partial charge in [0, 0.05) is 12.1 Å². The SMILES string of the molecule is CCCCC(C)S(=O)(=O)NOc1ccc(CCC(=O)Nc2ccccc2)cc1. The summed E-state index contributed by atoms with van der Waals surface area (Å²) in [6.45, 7) is 3.70. The smallest absolute Gasteiger partial charge is 0.245 e. The first-order chi connectivity index (χ1) is 13.4. The number of carbonyl (C=O) groups is 1. The summed E-state index contributed by atoms with van der Waals surface area (Å²) >= 11 is 0. The van der Waals surface area contributed by atoms with Crippen LogP contribution >= 0.6 is 0 Å². The van der Waals surface area contributed by atoms with E-state index < -0.39 is 15.3 Å². The lowest BCUT2D eigenvalue weighted by Crippen LogP contribution is -2.34. The molecule has 0 radical (unpaired) electrons. The summed E-state index contributed by atoms with van der Waals surface area (Å²) in [4.78, 5) is 19.4. The van der Waals surface area contributed by atoms with E-state index in [1.165, 1.54) is 0 Å². The Morgan fingerprint density at radius 2 is 1.75 bits per heavy atom. The molecule has 2 N–H and O–H groups in total. The highest BCUT2D eigenvalue weighted by molar-refractivity contribution is 7.89. The molecule has 1 amide bonds. The number of unbranched alkanes of at least 4 members (excludes halogenated alkanes) is 1. The van der Waals surface area contributed by atoms with E-state index in [0.717, 1.165) is 24.1 Å². The van der Waals surface area contributed by atoms with Crippen LogP contribution in [0.1, 0.15) is 45.1 Å². The van der Waals surface area contributed by atoms with Crippen molar-refractivity contribution in [1.82, 2.24) is 4.89 Å². The number of anilines is 1. The number of rotatable bonds is 11. The summed E-state index contributed by atoms with van der Waals surface area (Å²) < 4.78 is 24.2. The zero-order valence-electron chi connectivity index (χ0n) is 16.4. The lowest BCUT2D eigenvalue weighted by molar-refractivity contribution is -0.116. The molecule has 1 atom stereocenters. The molecule has 0 saturated carbocycles. The fraction of sp³-hybridized carbons (Fsp3) is 0.381. The Balaban J connectivity index is 1.79. The maximum Gasteiger partial charge on any atom is 0.245 e. The van der Waals surface area contributed by atoms with Crippen LogP contribution in [-0.2, 0) is 21.2 Å². The van der Waals surface area contributed by atoms with Crippen LogP contribution in [0.15, 0.2) is 54.6 Å². The van der Waals surface area contributed by atoms with Gasteiger partial charge in [0.15, 0.2) is 0 Å². The van der Waals surface area contributed by atoms with Crippen LogP contribution in [0.3, 0.4) is 0 Å². The average Bonchev–Trinajstić information content (AvgIpc) is 2.70. The van der Waals surface area contributed by atoms with Gasteiger partial charge in [0.05, 0.1) is 5.25 Å². The molecule has 0 bridgehead atoms. The minimum Gasteiger partial charge on any atom is -0.394 e. The number of nitrogens with one attached hydrogen (secondary N) is 2. The number of sulfonamides is 1. The van der Waals surface area contributed by atoms with E-state index >= 15 is 0 Å². The third-order valence-electron chi connectivity index (χ3n) is 4.39. The maximum absolute atomic E-state index is 12.1. The van der Waals surface area contributed by atoms with Crippen molar-refractivity contribution in [3.05, 3.63) is 60.2 Å². The summed E-state index contributed by atoms with van der Waals surface area (Å²) in [6, 6.07) is 16.3. The lowest BCUT2D eigenvalue weighted by atomic mass is 10.1. The second-order valence-corrected chi connectivity index (χ2v) is 8.80. The predicted octanol–water partition coefficient (Wildman–Crippen LogP) is 4.05. The highest BCUT2D eigenvalue weighted by Crippen LogP contribution is 2.15. The summed E-state index contributed by atoms with van der Waals surface area (Å²) in [5.41, 5.74) is 1.74. The van der Waals surface area contributed by atoms with E-state index in [2.05, 4.69) is 10.2 Å². The second-order valence-electron chi connectivity index (χ2n) is 6.74. The van der Waals surface area contributed by atoms with Crippen molar-refractivity contribution in [1.29, 1.82) is 0 Å². The van der Waals surface area contributed by atoms with Gasteiger partial charge in [-0.25, -0.2) is 8.42 Å². The molecule has 0 aliphatic rings. The fourth-order valence-electron chi connectivity index (χ4n) is 2.56. The monoisotopic (exact) mass is 404 g/mol. The molecular formula is C21H28N2O4S. The van der Waals surface area contributed by atoms with E-state index in [4.69, 9.17) is 4.84 Å². The quantitative estimate of drug-likeness (QED) is 0.553.